The number of anilines is 1. The van der Waals surface area contributed by atoms with Gasteiger partial charge in [0.15, 0.2) is 0 Å². The molecule has 0 fully saturated rings. The lowest BCUT2D eigenvalue weighted by Crippen LogP contribution is -2.14. The average Bonchev–Trinajstić information content (AvgIpc) is 2.47. The maximum Gasteiger partial charge on any atom is 0.330 e. The van der Waals surface area contributed by atoms with Gasteiger partial charge in [-0.25, -0.2) is 5.84 Å². The van der Waals surface area contributed by atoms with Crippen molar-refractivity contribution in [1.29, 1.82) is 0 Å². The van der Waals surface area contributed by atoms with E-state index in [1.54, 1.807) is 0 Å². The molecular formula is C14H19N5O2. The number of aryl methyl sites for hydroxylation is 1. The highest BCUT2D eigenvalue weighted by atomic mass is 16.5. The Hall–Kier alpha value is -2.41. The van der Waals surface area contributed by atoms with Crippen LogP contribution in [-0.2, 0) is 6.42 Å². The number of nitrogen functional groups attached to an aromatic ring is 1. The zero-order valence-corrected chi connectivity index (χ0v) is 12.3. The molecule has 0 unspecified atom stereocenters. The van der Waals surface area contributed by atoms with E-state index in [0.29, 0.717) is 5.75 Å². The largest absolute Gasteiger partial charge is 0.461 e. The molecule has 0 saturated carbocycles. The van der Waals surface area contributed by atoms with Crippen molar-refractivity contribution in [2.75, 3.05) is 5.43 Å². The first kappa shape index (κ1) is 15.0. The Morgan fingerprint density at radius 3 is 2.33 bits per heavy atom. The minimum Gasteiger partial charge on any atom is -0.461 e. The maximum atomic E-state index is 5.60. The number of nitrogens with zero attached hydrogens (tertiary/aromatic N) is 3. The van der Waals surface area contributed by atoms with E-state index in [2.05, 4.69) is 27.3 Å². The van der Waals surface area contributed by atoms with E-state index >= 15 is 0 Å². The predicted octanol–water partition coefficient (Wildman–Crippen LogP) is 2.30. The van der Waals surface area contributed by atoms with Gasteiger partial charge in [-0.15, -0.1) is 4.98 Å². The molecule has 112 valence electrons. The van der Waals surface area contributed by atoms with Gasteiger partial charge in [0.25, 0.3) is 0 Å². The Balaban J connectivity index is 2.20. The van der Waals surface area contributed by atoms with Crippen molar-refractivity contribution in [1.82, 2.24) is 15.0 Å². The van der Waals surface area contributed by atoms with Crippen molar-refractivity contribution < 1.29 is 9.47 Å². The van der Waals surface area contributed by atoms with E-state index in [1.165, 1.54) is 5.56 Å². The number of ether oxygens (including phenoxy) is 2. The number of aromatic nitrogens is 3. The molecule has 21 heavy (non-hydrogen) atoms. The Bertz CT molecular complexity index is 586. The van der Waals surface area contributed by atoms with Crippen LogP contribution in [0.3, 0.4) is 0 Å². The molecule has 0 aliphatic carbocycles. The molecule has 1 heterocycles. The molecule has 7 nitrogen and oxygen atoms in total. The second-order valence-electron chi connectivity index (χ2n) is 4.63. The van der Waals surface area contributed by atoms with Gasteiger partial charge in [-0.05, 0) is 38.0 Å². The van der Waals surface area contributed by atoms with Crippen LogP contribution in [0.4, 0.5) is 5.95 Å². The molecule has 3 N–H and O–H groups in total. The maximum absolute atomic E-state index is 5.60. The van der Waals surface area contributed by atoms with Gasteiger partial charge >= 0.3 is 12.0 Å². The summed E-state index contributed by atoms with van der Waals surface area (Å²) in [6.45, 7) is 5.85. The van der Waals surface area contributed by atoms with E-state index in [4.69, 9.17) is 15.3 Å². The van der Waals surface area contributed by atoms with Crippen LogP contribution in [0.25, 0.3) is 0 Å². The van der Waals surface area contributed by atoms with Crippen LogP contribution in [-0.4, -0.2) is 21.1 Å². The van der Waals surface area contributed by atoms with Crippen molar-refractivity contribution >= 4 is 5.95 Å². The van der Waals surface area contributed by atoms with Crippen molar-refractivity contribution in [3.05, 3.63) is 29.8 Å². The third-order valence-corrected chi connectivity index (χ3v) is 2.61. The fraction of sp³-hybridized carbons (Fsp3) is 0.357. The smallest absolute Gasteiger partial charge is 0.330 e. The van der Waals surface area contributed by atoms with Gasteiger partial charge in [-0.2, -0.15) is 9.97 Å². The van der Waals surface area contributed by atoms with Crippen LogP contribution in [0, 0.1) is 0 Å². The fourth-order valence-electron chi connectivity index (χ4n) is 1.61. The normalized spacial score (nSPS) is 10.5. The molecule has 0 radical (unpaired) electrons. The molecule has 1 aromatic heterocycles. The summed E-state index contributed by atoms with van der Waals surface area (Å²) in [6.07, 6.45) is 0.911. The molecule has 2 aromatic rings. The van der Waals surface area contributed by atoms with Crippen LogP contribution in [0.1, 0.15) is 26.3 Å². The first-order valence-corrected chi connectivity index (χ1v) is 6.77. The predicted molar refractivity (Wildman–Crippen MR) is 79.3 cm³/mol. The van der Waals surface area contributed by atoms with Crippen LogP contribution in [0.2, 0.25) is 0 Å². The standard InChI is InChI=1S/C14H19N5O2/c1-4-10-5-7-11(8-6-10)21-14-17-12(19-15)16-13(18-14)20-9(2)3/h5-9H,4,15H2,1-3H3,(H,16,17,18,19). The van der Waals surface area contributed by atoms with Gasteiger partial charge in [0.1, 0.15) is 5.75 Å². The number of benzene rings is 1. The van der Waals surface area contributed by atoms with Gasteiger partial charge in [-0.3, -0.25) is 5.43 Å². The van der Waals surface area contributed by atoms with E-state index in [-0.39, 0.29) is 24.1 Å². The molecule has 0 bridgehead atoms. The summed E-state index contributed by atoms with van der Waals surface area (Å²) in [5.41, 5.74) is 3.59. The molecule has 2 rings (SSSR count). The highest BCUT2D eigenvalue weighted by Crippen LogP contribution is 2.21. The topological polar surface area (TPSA) is 95.2 Å². The first-order chi connectivity index (χ1) is 10.1. The zero-order valence-electron chi connectivity index (χ0n) is 12.3. The number of hydrazine groups is 1. The van der Waals surface area contributed by atoms with Crippen LogP contribution < -0.4 is 20.7 Å². The van der Waals surface area contributed by atoms with E-state index in [9.17, 15) is 0 Å². The second kappa shape index (κ2) is 6.85. The highest BCUT2D eigenvalue weighted by molar-refractivity contribution is 5.31. The van der Waals surface area contributed by atoms with Crippen molar-refractivity contribution in [2.24, 2.45) is 5.84 Å². The van der Waals surface area contributed by atoms with Crippen LogP contribution >= 0.6 is 0 Å². The third-order valence-electron chi connectivity index (χ3n) is 2.61. The summed E-state index contributed by atoms with van der Waals surface area (Å²) < 4.78 is 11.0. The number of nitrogens with two attached hydrogens (primary N) is 1. The Morgan fingerprint density at radius 2 is 1.76 bits per heavy atom. The van der Waals surface area contributed by atoms with E-state index in [0.717, 1.165) is 6.42 Å². The molecule has 0 atom stereocenters. The highest BCUT2D eigenvalue weighted by Gasteiger charge is 2.10. The molecular weight excluding hydrogens is 270 g/mol. The SMILES string of the molecule is CCc1ccc(Oc2nc(NN)nc(OC(C)C)n2)cc1. The minimum atomic E-state index is -0.0605. The molecule has 0 aliphatic rings. The zero-order chi connectivity index (χ0) is 15.2. The second-order valence-corrected chi connectivity index (χ2v) is 4.63. The molecule has 0 amide bonds. The van der Waals surface area contributed by atoms with Gasteiger partial charge in [-0.1, -0.05) is 19.1 Å². The van der Waals surface area contributed by atoms with Gasteiger partial charge < -0.3 is 9.47 Å². The molecule has 0 aliphatic heterocycles. The summed E-state index contributed by atoms with van der Waals surface area (Å²) in [5, 5.41) is 0. The molecule has 0 saturated heterocycles. The van der Waals surface area contributed by atoms with E-state index in [1.807, 2.05) is 38.1 Å². The van der Waals surface area contributed by atoms with Crippen LogP contribution in [0.15, 0.2) is 24.3 Å². The molecule has 7 heteroatoms. The van der Waals surface area contributed by atoms with Crippen LogP contribution in [0.5, 0.6) is 17.8 Å². The lowest BCUT2D eigenvalue weighted by atomic mass is 10.2. The summed E-state index contributed by atoms with van der Waals surface area (Å²) >= 11 is 0. The lowest BCUT2D eigenvalue weighted by molar-refractivity contribution is 0.218. The third kappa shape index (κ3) is 4.28. The summed E-state index contributed by atoms with van der Waals surface area (Å²) in [4.78, 5) is 12.1. The number of rotatable bonds is 6. The Morgan fingerprint density at radius 1 is 1.10 bits per heavy atom. The number of hydrogen-bond donors (Lipinski definition) is 2. The molecule has 1 aromatic carbocycles. The summed E-state index contributed by atoms with van der Waals surface area (Å²) in [5.74, 6) is 6.15. The average molecular weight is 289 g/mol. The van der Waals surface area contributed by atoms with Gasteiger partial charge in [0.05, 0.1) is 6.10 Å². The Kier molecular flexibility index (Phi) is 4.89. The monoisotopic (exact) mass is 289 g/mol. The number of hydrogen-bond acceptors (Lipinski definition) is 7. The lowest BCUT2D eigenvalue weighted by Gasteiger charge is -2.10. The molecule has 0 spiro atoms. The van der Waals surface area contributed by atoms with Crippen molar-refractivity contribution in [3.8, 4) is 17.8 Å². The van der Waals surface area contributed by atoms with E-state index < -0.39 is 0 Å². The summed E-state index contributed by atoms with van der Waals surface area (Å²) in [6, 6.07) is 7.99. The van der Waals surface area contributed by atoms with Gasteiger partial charge in [0, 0.05) is 0 Å². The number of nitrogens with one attached hydrogen (secondary N) is 1. The summed E-state index contributed by atoms with van der Waals surface area (Å²) in [7, 11) is 0. The quantitative estimate of drug-likeness (QED) is 0.622. The fourth-order valence-corrected chi connectivity index (χ4v) is 1.61. The van der Waals surface area contributed by atoms with Gasteiger partial charge in [0.2, 0.25) is 5.95 Å². The van der Waals surface area contributed by atoms with Crippen molar-refractivity contribution in [2.45, 2.75) is 33.3 Å². The minimum absolute atomic E-state index is 0.0605. The first-order valence-electron chi connectivity index (χ1n) is 6.77. The van der Waals surface area contributed by atoms with Crippen molar-refractivity contribution in [3.63, 3.8) is 0 Å². The Labute approximate surface area is 123 Å².